The number of sulfonamides is 1. The molecular weight excluding hydrogens is 483 g/mol. The van der Waals surface area contributed by atoms with Gasteiger partial charge in [0.1, 0.15) is 5.82 Å². The molecule has 8 heteroatoms. The van der Waals surface area contributed by atoms with Gasteiger partial charge in [0.05, 0.1) is 18.0 Å². The highest BCUT2D eigenvalue weighted by Crippen LogP contribution is 2.26. The third-order valence-corrected chi connectivity index (χ3v) is 8.31. The van der Waals surface area contributed by atoms with E-state index in [2.05, 4.69) is 6.58 Å². The molecule has 1 amide bonds. The molecule has 0 radical (unpaired) electrons. The molecule has 0 N–H and O–H groups in total. The van der Waals surface area contributed by atoms with E-state index in [1.54, 1.807) is 41.3 Å². The highest BCUT2D eigenvalue weighted by Gasteiger charge is 2.29. The van der Waals surface area contributed by atoms with E-state index in [1.165, 1.54) is 29.5 Å². The minimum atomic E-state index is -3.99. The van der Waals surface area contributed by atoms with E-state index in [9.17, 15) is 17.6 Å². The molecule has 0 atom stereocenters. The molecule has 0 aliphatic carbocycles. The van der Waals surface area contributed by atoms with Crippen molar-refractivity contribution in [1.82, 2.24) is 9.21 Å². The Morgan fingerprint density at radius 1 is 0.943 bits per heavy atom. The summed E-state index contributed by atoms with van der Waals surface area (Å²) in [7, 11) is -3.99. The van der Waals surface area contributed by atoms with Gasteiger partial charge in [0.2, 0.25) is 15.9 Å². The zero-order chi connectivity index (χ0) is 24.8. The number of thiophene rings is 1. The third kappa shape index (κ3) is 5.85. The van der Waals surface area contributed by atoms with Crippen molar-refractivity contribution in [2.75, 3.05) is 13.1 Å². The summed E-state index contributed by atoms with van der Waals surface area (Å²) in [5.41, 5.74) is 0.753. The number of halogens is 1. The van der Waals surface area contributed by atoms with Gasteiger partial charge in [0.15, 0.2) is 0 Å². The van der Waals surface area contributed by atoms with Crippen molar-refractivity contribution in [3.05, 3.63) is 113 Å². The molecule has 0 spiro atoms. The number of amides is 1. The molecule has 180 valence electrons. The number of fused-ring (bicyclic) bond motifs is 1. The first kappa shape index (κ1) is 24.8. The van der Waals surface area contributed by atoms with Crippen LogP contribution in [0, 0.1) is 5.82 Å². The van der Waals surface area contributed by atoms with Crippen LogP contribution in [-0.2, 0) is 27.9 Å². The summed E-state index contributed by atoms with van der Waals surface area (Å²) >= 11 is 1.51. The Balaban J connectivity index is 1.63. The molecule has 0 aliphatic heterocycles. The van der Waals surface area contributed by atoms with Crippen LogP contribution >= 0.6 is 11.3 Å². The Hall–Kier alpha value is -3.33. The minimum absolute atomic E-state index is 0.0132. The van der Waals surface area contributed by atoms with E-state index >= 15 is 0 Å². The lowest BCUT2D eigenvalue weighted by Gasteiger charge is -2.27. The van der Waals surface area contributed by atoms with Crippen LogP contribution in [0.2, 0.25) is 0 Å². The van der Waals surface area contributed by atoms with E-state index in [4.69, 9.17) is 0 Å². The topological polar surface area (TPSA) is 57.7 Å². The Morgan fingerprint density at radius 2 is 1.69 bits per heavy atom. The van der Waals surface area contributed by atoms with Crippen LogP contribution < -0.4 is 0 Å². The molecule has 0 saturated heterocycles. The maximum absolute atomic E-state index is 13.7. The summed E-state index contributed by atoms with van der Waals surface area (Å²) in [6.07, 6.45) is 1.47. The zero-order valence-corrected chi connectivity index (χ0v) is 20.6. The van der Waals surface area contributed by atoms with Crippen molar-refractivity contribution >= 4 is 38.0 Å². The lowest BCUT2D eigenvalue weighted by Crippen LogP contribution is -2.42. The molecule has 4 rings (SSSR count). The minimum Gasteiger partial charge on any atom is -0.332 e. The Labute approximate surface area is 208 Å². The molecule has 0 aliphatic rings. The number of carbonyl (C=O) groups is 1. The third-order valence-electron chi connectivity index (χ3n) is 5.58. The summed E-state index contributed by atoms with van der Waals surface area (Å²) in [6.45, 7) is 3.89. The first-order valence-corrected chi connectivity index (χ1v) is 13.3. The van der Waals surface area contributed by atoms with Gasteiger partial charge in [-0.25, -0.2) is 12.8 Å². The molecule has 1 heterocycles. The first-order chi connectivity index (χ1) is 16.9. The van der Waals surface area contributed by atoms with Gasteiger partial charge in [-0.05, 0) is 40.6 Å². The van der Waals surface area contributed by atoms with Crippen molar-refractivity contribution in [2.45, 2.75) is 18.0 Å². The number of benzene rings is 3. The largest absolute Gasteiger partial charge is 0.332 e. The standard InChI is InChI=1S/C27H25FN2O3S2/c1-2-16-30(35(32,33)26-11-5-8-22-7-3-4-10-25(22)26)20-27(31)29(19-24-9-6-17-34-24)18-21-12-14-23(28)15-13-21/h2-15,17H,1,16,18-20H2. The summed E-state index contributed by atoms with van der Waals surface area (Å²) in [5.74, 6) is -0.711. The summed E-state index contributed by atoms with van der Waals surface area (Å²) < 4.78 is 41.9. The van der Waals surface area contributed by atoms with Crippen LogP contribution in [0.25, 0.3) is 10.8 Å². The average Bonchev–Trinajstić information content (AvgIpc) is 3.37. The predicted molar refractivity (Wildman–Crippen MR) is 138 cm³/mol. The van der Waals surface area contributed by atoms with Crippen LogP contribution in [0.15, 0.2) is 102 Å². The van der Waals surface area contributed by atoms with E-state index in [1.807, 2.05) is 35.7 Å². The molecular formula is C27H25FN2O3S2. The Morgan fingerprint density at radius 3 is 2.40 bits per heavy atom. The van der Waals surface area contributed by atoms with Crippen LogP contribution in [0.5, 0.6) is 0 Å². The van der Waals surface area contributed by atoms with Gasteiger partial charge >= 0.3 is 0 Å². The van der Waals surface area contributed by atoms with Crippen LogP contribution in [0.3, 0.4) is 0 Å². The number of hydrogen-bond acceptors (Lipinski definition) is 4. The number of hydrogen-bond donors (Lipinski definition) is 0. The monoisotopic (exact) mass is 508 g/mol. The highest BCUT2D eigenvalue weighted by atomic mass is 32.2. The molecule has 35 heavy (non-hydrogen) atoms. The lowest BCUT2D eigenvalue weighted by molar-refractivity contribution is -0.132. The quantitative estimate of drug-likeness (QED) is 0.268. The maximum Gasteiger partial charge on any atom is 0.244 e. The van der Waals surface area contributed by atoms with Crippen LogP contribution in [-0.4, -0.2) is 36.6 Å². The molecule has 0 unspecified atom stereocenters. The van der Waals surface area contributed by atoms with Crippen molar-refractivity contribution < 1.29 is 17.6 Å². The molecule has 0 saturated carbocycles. The van der Waals surface area contributed by atoms with E-state index in [0.717, 1.165) is 20.1 Å². The van der Waals surface area contributed by atoms with Crippen molar-refractivity contribution in [2.24, 2.45) is 0 Å². The molecule has 5 nitrogen and oxygen atoms in total. The van der Waals surface area contributed by atoms with E-state index < -0.39 is 10.0 Å². The lowest BCUT2D eigenvalue weighted by atomic mass is 10.1. The predicted octanol–water partition coefficient (Wildman–Crippen LogP) is 5.45. The van der Waals surface area contributed by atoms with Crippen LogP contribution in [0.4, 0.5) is 4.39 Å². The average molecular weight is 509 g/mol. The van der Waals surface area contributed by atoms with E-state index in [-0.39, 0.29) is 36.3 Å². The van der Waals surface area contributed by atoms with Gasteiger partial charge in [-0.1, -0.05) is 60.7 Å². The summed E-state index contributed by atoms with van der Waals surface area (Å²) in [4.78, 5) is 16.2. The van der Waals surface area contributed by atoms with Crippen molar-refractivity contribution in [3.63, 3.8) is 0 Å². The fraction of sp³-hybridized carbons (Fsp3) is 0.148. The molecule has 1 aromatic heterocycles. The SMILES string of the molecule is C=CCN(CC(=O)N(Cc1ccc(F)cc1)Cc1cccs1)S(=O)(=O)c1cccc2ccccc12. The normalized spacial score (nSPS) is 11.6. The van der Waals surface area contributed by atoms with Crippen molar-refractivity contribution in [1.29, 1.82) is 0 Å². The fourth-order valence-corrected chi connectivity index (χ4v) is 6.13. The second-order valence-corrected chi connectivity index (χ2v) is 11.0. The van der Waals surface area contributed by atoms with Crippen molar-refractivity contribution in [3.8, 4) is 0 Å². The Kier molecular flexibility index (Phi) is 7.75. The molecule has 0 bridgehead atoms. The molecule has 3 aromatic carbocycles. The van der Waals surface area contributed by atoms with Crippen LogP contribution in [0.1, 0.15) is 10.4 Å². The van der Waals surface area contributed by atoms with Gasteiger partial charge in [-0.15, -0.1) is 17.9 Å². The summed E-state index contributed by atoms with van der Waals surface area (Å²) in [5, 5.41) is 3.32. The maximum atomic E-state index is 13.7. The smallest absolute Gasteiger partial charge is 0.244 e. The van der Waals surface area contributed by atoms with Gasteiger partial charge in [0, 0.05) is 23.4 Å². The fourth-order valence-electron chi connectivity index (χ4n) is 3.84. The number of nitrogens with zero attached hydrogens (tertiary/aromatic N) is 2. The first-order valence-electron chi connectivity index (χ1n) is 11.0. The van der Waals surface area contributed by atoms with Gasteiger partial charge in [-0.2, -0.15) is 4.31 Å². The number of carbonyl (C=O) groups excluding carboxylic acids is 1. The molecule has 4 aromatic rings. The molecule has 0 fully saturated rings. The second kappa shape index (κ2) is 10.9. The van der Waals surface area contributed by atoms with Gasteiger partial charge in [-0.3, -0.25) is 4.79 Å². The van der Waals surface area contributed by atoms with E-state index in [0.29, 0.717) is 11.9 Å². The Bertz CT molecular complexity index is 1410. The summed E-state index contributed by atoms with van der Waals surface area (Å²) in [6, 6.07) is 22.1. The zero-order valence-electron chi connectivity index (χ0n) is 19.0. The second-order valence-electron chi connectivity index (χ2n) is 8.02. The highest BCUT2D eigenvalue weighted by molar-refractivity contribution is 7.89. The number of rotatable bonds is 10. The van der Waals surface area contributed by atoms with Gasteiger partial charge in [0.25, 0.3) is 0 Å². The van der Waals surface area contributed by atoms with Gasteiger partial charge < -0.3 is 4.90 Å².